The summed E-state index contributed by atoms with van der Waals surface area (Å²) in [6, 6.07) is 8.96. The topological polar surface area (TPSA) is 58.5 Å². The number of hydrogen-bond donors (Lipinski definition) is 1. The average molecular weight is 286 g/mol. The molecule has 1 saturated carbocycles. The van der Waals surface area contributed by atoms with Crippen LogP contribution < -0.4 is 5.32 Å². The van der Waals surface area contributed by atoms with Crippen LogP contribution in [0.4, 0.5) is 4.79 Å². The molecule has 21 heavy (non-hydrogen) atoms. The summed E-state index contributed by atoms with van der Waals surface area (Å²) in [5.74, 6) is -0.300. The molecule has 0 saturated heterocycles. The quantitative estimate of drug-likeness (QED) is 0.863. The number of carbonyl (C=O) groups is 2. The van der Waals surface area contributed by atoms with Crippen molar-refractivity contribution >= 4 is 17.5 Å². The Labute approximate surface area is 125 Å². The van der Waals surface area contributed by atoms with E-state index < -0.39 is 6.03 Å². The molecule has 0 bridgehead atoms. The molecule has 0 radical (unpaired) electrons. The number of urea groups is 1. The molecule has 0 spiro atoms. The van der Waals surface area contributed by atoms with Crippen molar-refractivity contribution in [1.82, 2.24) is 5.32 Å². The number of Topliss-reactive ketones (excluding diaryl/α,β-unsaturated/α-hetero) is 1. The van der Waals surface area contributed by atoms with Crippen LogP contribution in [0.2, 0.25) is 0 Å². The van der Waals surface area contributed by atoms with Gasteiger partial charge in [-0.3, -0.25) is 4.79 Å². The van der Waals surface area contributed by atoms with Crippen molar-refractivity contribution in [2.75, 3.05) is 0 Å². The Balaban J connectivity index is 2.20. The maximum Gasteiger partial charge on any atom is 0.341 e. The highest BCUT2D eigenvalue weighted by atomic mass is 16.2. The summed E-state index contributed by atoms with van der Waals surface area (Å²) < 4.78 is 0. The second kappa shape index (κ2) is 7.16. The van der Waals surface area contributed by atoms with Gasteiger partial charge in [-0.2, -0.15) is 4.99 Å². The Hall–Kier alpha value is -1.97. The summed E-state index contributed by atoms with van der Waals surface area (Å²) in [6.07, 6.45) is 4.29. The molecule has 0 atom stereocenters. The maximum atomic E-state index is 12.3. The SMILES string of the molecule is CC(C)C(=O)C(=NC(=O)NC1CCCC1)c1ccccc1. The first-order valence-electron chi connectivity index (χ1n) is 7.56. The molecule has 1 aromatic rings. The normalized spacial score (nSPS) is 16.2. The third kappa shape index (κ3) is 4.25. The van der Waals surface area contributed by atoms with Gasteiger partial charge in [0.2, 0.25) is 0 Å². The van der Waals surface area contributed by atoms with Crippen LogP contribution in [0.15, 0.2) is 35.3 Å². The second-order valence-corrected chi connectivity index (χ2v) is 5.78. The van der Waals surface area contributed by atoms with Crippen LogP contribution in [0.3, 0.4) is 0 Å². The fourth-order valence-corrected chi connectivity index (χ4v) is 2.51. The van der Waals surface area contributed by atoms with Gasteiger partial charge in [-0.05, 0) is 12.8 Å². The van der Waals surface area contributed by atoms with E-state index >= 15 is 0 Å². The number of benzene rings is 1. The van der Waals surface area contributed by atoms with E-state index in [4.69, 9.17) is 0 Å². The summed E-state index contributed by atoms with van der Waals surface area (Å²) in [5, 5.41) is 2.89. The van der Waals surface area contributed by atoms with E-state index in [0.717, 1.165) is 25.7 Å². The molecular formula is C17H22N2O2. The fraction of sp³-hybridized carbons (Fsp3) is 0.471. The molecule has 1 N–H and O–H groups in total. The molecule has 2 rings (SSSR count). The van der Waals surface area contributed by atoms with Gasteiger partial charge in [-0.1, -0.05) is 57.0 Å². The van der Waals surface area contributed by atoms with Gasteiger partial charge in [0.1, 0.15) is 5.71 Å². The predicted molar refractivity (Wildman–Crippen MR) is 83.6 cm³/mol. The summed E-state index contributed by atoms with van der Waals surface area (Å²) in [7, 11) is 0. The van der Waals surface area contributed by atoms with Crippen molar-refractivity contribution in [2.45, 2.75) is 45.6 Å². The van der Waals surface area contributed by atoms with E-state index in [2.05, 4.69) is 10.3 Å². The lowest BCUT2D eigenvalue weighted by Gasteiger charge is -2.11. The van der Waals surface area contributed by atoms with E-state index in [1.807, 2.05) is 44.2 Å². The van der Waals surface area contributed by atoms with Gasteiger partial charge in [0, 0.05) is 17.5 Å². The molecule has 1 aromatic carbocycles. The van der Waals surface area contributed by atoms with Crippen LogP contribution in [0.1, 0.15) is 45.1 Å². The lowest BCUT2D eigenvalue weighted by atomic mass is 9.99. The number of nitrogens with zero attached hydrogens (tertiary/aromatic N) is 1. The Bertz CT molecular complexity index is 529. The van der Waals surface area contributed by atoms with Crippen LogP contribution >= 0.6 is 0 Å². The van der Waals surface area contributed by atoms with Gasteiger partial charge in [0.05, 0.1) is 0 Å². The van der Waals surface area contributed by atoms with Crippen molar-refractivity contribution in [2.24, 2.45) is 10.9 Å². The van der Waals surface area contributed by atoms with Crippen LogP contribution in [0.25, 0.3) is 0 Å². The summed E-state index contributed by atoms with van der Waals surface area (Å²) >= 11 is 0. The Morgan fingerprint density at radius 3 is 2.33 bits per heavy atom. The minimum atomic E-state index is -0.408. The van der Waals surface area contributed by atoms with E-state index in [-0.39, 0.29) is 23.5 Å². The number of nitrogens with one attached hydrogen (secondary N) is 1. The Morgan fingerprint density at radius 1 is 1.14 bits per heavy atom. The minimum absolute atomic E-state index is 0.109. The van der Waals surface area contributed by atoms with Crippen molar-refractivity contribution < 1.29 is 9.59 Å². The molecule has 112 valence electrons. The maximum absolute atomic E-state index is 12.3. The molecule has 0 aliphatic heterocycles. The van der Waals surface area contributed by atoms with Crippen molar-refractivity contribution in [3.05, 3.63) is 35.9 Å². The summed E-state index contributed by atoms with van der Waals surface area (Å²) in [6.45, 7) is 3.63. The highest BCUT2D eigenvalue weighted by Crippen LogP contribution is 2.17. The second-order valence-electron chi connectivity index (χ2n) is 5.78. The van der Waals surface area contributed by atoms with Gasteiger partial charge < -0.3 is 5.32 Å². The molecule has 1 aliphatic rings. The third-order valence-electron chi connectivity index (χ3n) is 3.70. The monoisotopic (exact) mass is 286 g/mol. The number of rotatable bonds is 4. The number of carbonyl (C=O) groups excluding carboxylic acids is 2. The van der Waals surface area contributed by atoms with Crippen LogP contribution in [-0.2, 0) is 4.79 Å². The van der Waals surface area contributed by atoms with E-state index in [9.17, 15) is 9.59 Å². The number of ketones is 1. The molecule has 1 aliphatic carbocycles. The zero-order valence-electron chi connectivity index (χ0n) is 12.6. The van der Waals surface area contributed by atoms with Gasteiger partial charge >= 0.3 is 6.03 Å². The highest BCUT2D eigenvalue weighted by molar-refractivity contribution is 6.47. The van der Waals surface area contributed by atoms with E-state index in [1.54, 1.807) is 0 Å². The number of amides is 2. The molecule has 4 nitrogen and oxygen atoms in total. The van der Waals surface area contributed by atoms with Crippen molar-refractivity contribution in [1.29, 1.82) is 0 Å². The third-order valence-corrected chi connectivity index (χ3v) is 3.70. The fourth-order valence-electron chi connectivity index (χ4n) is 2.51. The molecule has 0 unspecified atom stereocenters. The molecule has 0 heterocycles. The molecule has 0 aromatic heterocycles. The first-order valence-corrected chi connectivity index (χ1v) is 7.56. The first kappa shape index (κ1) is 15.4. The molecule has 2 amide bonds. The molecular weight excluding hydrogens is 264 g/mol. The van der Waals surface area contributed by atoms with Crippen LogP contribution in [0, 0.1) is 5.92 Å². The average Bonchev–Trinajstić information content (AvgIpc) is 2.97. The largest absolute Gasteiger partial charge is 0.341 e. The van der Waals surface area contributed by atoms with Gasteiger partial charge in [-0.15, -0.1) is 0 Å². The van der Waals surface area contributed by atoms with E-state index in [0.29, 0.717) is 5.56 Å². The smallest absolute Gasteiger partial charge is 0.333 e. The van der Waals surface area contributed by atoms with Gasteiger partial charge in [-0.25, -0.2) is 4.79 Å². The summed E-state index contributed by atoms with van der Waals surface area (Å²) in [5.41, 5.74) is 0.943. The zero-order chi connectivity index (χ0) is 15.2. The van der Waals surface area contributed by atoms with Crippen LogP contribution in [0.5, 0.6) is 0 Å². The highest BCUT2D eigenvalue weighted by Gasteiger charge is 2.21. The van der Waals surface area contributed by atoms with Crippen LogP contribution in [-0.4, -0.2) is 23.6 Å². The van der Waals surface area contributed by atoms with Crippen molar-refractivity contribution in [3.8, 4) is 0 Å². The Kier molecular flexibility index (Phi) is 5.26. The lowest BCUT2D eigenvalue weighted by molar-refractivity contribution is -0.115. The zero-order valence-corrected chi connectivity index (χ0v) is 12.6. The molecule has 1 fully saturated rings. The van der Waals surface area contributed by atoms with E-state index in [1.165, 1.54) is 0 Å². The Morgan fingerprint density at radius 2 is 1.76 bits per heavy atom. The first-order chi connectivity index (χ1) is 10.1. The summed E-state index contributed by atoms with van der Waals surface area (Å²) in [4.78, 5) is 28.4. The number of aliphatic imine (C=N–C) groups is 1. The minimum Gasteiger partial charge on any atom is -0.333 e. The standard InChI is InChI=1S/C17H22N2O2/c1-12(2)16(20)15(13-8-4-3-5-9-13)19-17(21)18-14-10-6-7-11-14/h3-5,8-9,12,14H,6-7,10-11H2,1-2H3,(H,18,21). The van der Waals surface area contributed by atoms with Crippen molar-refractivity contribution in [3.63, 3.8) is 0 Å². The predicted octanol–water partition coefficient (Wildman–Crippen LogP) is 3.35. The van der Waals surface area contributed by atoms with Gasteiger partial charge in [0.15, 0.2) is 5.78 Å². The molecule has 4 heteroatoms. The lowest BCUT2D eigenvalue weighted by Crippen LogP contribution is -2.32. The number of hydrogen-bond acceptors (Lipinski definition) is 2. The van der Waals surface area contributed by atoms with Gasteiger partial charge in [0.25, 0.3) is 0 Å².